The SMILES string of the molecule is Nc1c(C=O)cc(Cl)c(Cl)c1Cl. The molecule has 1 rings (SSSR count). The third-order valence-electron chi connectivity index (χ3n) is 1.36. The minimum Gasteiger partial charge on any atom is -0.397 e. The molecule has 0 amide bonds. The Kier molecular flexibility index (Phi) is 2.83. The van der Waals surface area contributed by atoms with E-state index < -0.39 is 0 Å². The zero-order valence-electron chi connectivity index (χ0n) is 5.77. The molecule has 0 saturated heterocycles. The highest BCUT2D eigenvalue weighted by molar-refractivity contribution is 6.49. The van der Waals surface area contributed by atoms with E-state index in [0.717, 1.165) is 0 Å². The van der Waals surface area contributed by atoms with Crippen molar-refractivity contribution >= 4 is 46.8 Å². The first kappa shape index (κ1) is 9.65. The Hall–Kier alpha value is -0.440. The van der Waals surface area contributed by atoms with Gasteiger partial charge >= 0.3 is 0 Å². The zero-order valence-corrected chi connectivity index (χ0v) is 8.04. The molecule has 5 heteroatoms. The third kappa shape index (κ3) is 1.51. The molecule has 1 aromatic carbocycles. The smallest absolute Gasteiger partial charge is 0.152 e. The Balaban J connectivity index is 3.49. The first-order valence-corrected chi connectivity index (χ1v) is 4.09. The maximum atomic E-state index is 10.4. The molecule has 0 unspecified atom stereocenters. The maximum Gasteiger partial charge on any atom is 0.152 e. The Morgan fingerprint density at radius 3 is 2.33 bits per heavy atom. The van der Waals surface area contributed by atoms with E-state index in [1.807, 2.05) is 0 Å². The van der Waals surface area contributed by atoms with Crippen LogP contribution in [-0.4, -0.2) is 6.29 Å². The topological polar surface area (TPSA) is 43.1 Å². The quantitative estimate of drug-likeness (QED) is 0.453. The van der Waals surface area contributed by atoms with Crippen LogP contribution in [0, 0.1) is 0 Å². The van der Waals surface area contributed by atoms with Crippen LogP contribution in [0.4, 0.5) is 5.69 Å². The predicted octanol–water partition coefficient (Wildman–Crippen LogP) is 3.04. The molecule has 0 spiro atoms. The van der Waals surface area contributed by atoms with Crippen LogP contribution in [-0.2, 0) is 0 Å². The summed E-state index contributed by atoms with van der Waals surface area (Å²) in [5.74, 6) is 0. The normalized spacial score (nSPS) is 9.92. The number of rotatable bonds is 1. The average molecular weight is 224 g/mol. The Morgan fingerprint density at radius 1 is 1.25 bits per heavy atom. The number of carbonyl (C=O) groups excluding carboxylic acids is 1. The van der Waals surface area contributed by atoms with Gasteiger partial charge in [0.1, 0.15) is 0 Å². The summed E-state index contributed by atoms with van der Waals surface area (Å²) in [6, 6.07) is 1.37. The molecule has 0 aliphatic carbocycles. The summed E-state index contributed by atoms with van der Waals surface area (Å²) in [5.41, 5.74) is 5.86. The van der Waals surface area contributed by atoms with E-state index in [9.17, 15) is 4.79 Å². The molecule has 0 heterocycles. The molecule has 0 fully saturated rings. The molecule has 0 aliphatic rings. The number of carbonyl (C=O) groups is 1. The van der Waals surface area contributed by atoms with Crippen LogP contribution in [0.2, 0.25) is 15.1 Å². The van der Waals surface area contributed by atoms with Gasteiger partial charge in [-0.3, -0.25) is 4.79 Å². The fourth-order valence-electron chi connectivity index (χ4n) is 0.725. The largest absolute Gasteiger partial charge is 0.397 e. The van der Waals surface area contributed by atoms with Crippen molar-refractivity contribution in [1.29, 1.82) is 0 Å². The first-order chi connectivity index (χ1) is 5.57. The lowest BCUT2D eigenvalue weighted by atomic mass is 10.2. The summed E-state index contributed by atoms with van der Waals surface area (Å²) in [4.78, 5) is 10.4. The number of nitrogen functional groups attached to an aromatic ring is 1. The molecule has 0 saturated carbocycles. The standard InChI is InChI=1S/C7H4Cl3NO/c8-4-1-3(2-12)7(11)6(10)5(4)9/h1-2H,11H2. The summed E-state index contributed by atoms with van der Waals surface area (Å²) in [5, 5.41) is 0.505. The molecule has 0 atom stereocenters. The van der Waals surface area contributed by atoms with Crippen molar-refractivity contribution < 1.29 is 4.79 Å². The molecule has 1 aromatic rings. The first-order valence-electron chi connectivity index (χ1n) is 2.96. The molecule has 0 aromatic heterocycles. The van der Waals surface area contributed by atoms with E-state index in [0.29, 0.717) is 6.29 Å². The van der Waals surface area contributed by atoms with Crippen LogP contribution in [0.5, 0.6) is 0 Å². The number of aldehydes is 1. The molecule has 64 valence electrons. The van der Waals surface area contributed by atoms with Gasteiger partial charge in [-0.2, -0.15) is 0 Å². The highest BCUT2D eigenvalue weighted by Crippen LogP contribution is 2.36. The third-order valence-corrected chi connectivity index (χ3v) is 2.64. The van der Waals surface area contributed by atoms with E-state index >= 15 is 0 Å². The van der Waals surface area contributed by atoms with Crippen molar-refractivity contribution in [3.63, 3.8) is 0 Å². The molecular weight excluding hydrogens is 220 g/mol. The van der Waals surface area contributed by atoms with Gasteiger partial charge in [-0.15, -0.1) is 0 Å². The van der Waals surface area contributed by atoms with E-state index in [1.54, 1.807) is 0 Å². The number of nitrogens with two attached hydrogens (primary N) is 1. The highest BCUT2D eigenvalue weighted by Gasteiger charge is 2.10. The Morgan fingerprint density at radius 2 is 1.83 bits per heavy atom. The summed E-state index contributed by atoms with van der Waals surface area (Å²) in [7, 11) is 0. The second-order valence-corrected chi connectivity index (χ2v) is 3.27. The summed E-state index contributed by atoms with van der Waals surface area (Å²) in [6.45, 7) is 0. The van der Waals surface area contributed by atoms with Crippen LogP contribution in [0.25, 0.3) is 0 Å². The van der Waals surface area contributed by atoms with Crippen LogP contribution >= 0.6 is 34.8 Å². The lowest BCUT2D eigenvalue weighted by Gasteiger charge is -2.04. The monoisotopic (exact) mass is 223 g/mol. The lowest BCUT2D eigenvalue weighted by Crippen LogP contribution is -1.94. The molecule has 0 aliphatic heterocycles. The number of hydrogen-bond acceptors (Lipinski definition) is 2. The van der Waals surface area contributed by atoms with Crippen molar-refractivity contribution in [2.45, 2.75) is 0 Å². The Bertz CT molecular complexity index is 338. The van der Waals surface area contributed by atoms with Gasteiger partial charge in [0.2, 0.25) is 0 Å². The van der Waals surface area contributed by atoms with Gasteiger partial charge in [0.05, 0.1) is 20.8 Å². The van der Waals surface area contributed by atoms with E-state index in [2.05, 4.69) is 0 Å². The van der Waals surface area contributed by atoms with Gasteiger partial charge in [-0.25, -0.2) is 0 Å². The average Bonchev–Trinajstić information content (AvgIpc) is 2.08. The van der Waals surface area contributed by atoms with Gasteiger partial charge in [0.15, 0.2) is 6.29 Å². The van der Waals surface area contributed by atoms with Gasteiger partial charge in [-0.05, 0) is 6.07 Å². The van der Waals surface area contributed by atoms with Gasteiger partial charge < -0.3 is 5.73 Å². The minimum atomic E-state index is 0.117. The number of hydrogen-bond donors (Lipinski definition) is 1. The fourth-order valence-corrected chi connectivity index (χ4v) is 1.35. The van der Waals surface area contributed by atoms with Crippen molar-refractivity contribution in [1.82, 2.24) is 0 Å². The fraction of sp³-hybridized carbons (Fsp3) is 0. The van der Waals surface area contributed by atoms with Crippen LogP contribution in [0.1, 0.15) is 10.4 Å². The van der Waals surface area contributed by atoms with E-state index in [4.69, 9.17) is 40.5 Å². The molecule has 0 bridgehead atoms. The molecule has 2 nitrogen and oxygen atoms in total. The summed E-state index contributed by atoms with van der Waals surface area (Å²) >= 11 is 17.0. The summed E-state index contributed by atoms with van der Waals surface area (Å²) < 4.78 is 0. The molecule has 2 N–H and O–H groups in total. The number of halogens is 3. The number of benzene rings is 1. The number of anilines is 1. The molecule has 0 radical (unpaired) electrons. The van der Waals surface area contributed by atoms with E-state index in [1.165, 1.54) is 6.07 Å². The van der Waals surface area contributed by atoms with Crippen molar-refractivity contribution in [3.05, 3.63) is 26.7 Å². The molecule has 12 heavy (non-hydrogen) atoms. The minimum absolute atomic E-state index is 0.117. The van der Waals surface area contributed by atoms with Gasteiger partial charge in [0.25, 0.3) is 0 Å². The Labute approximate surface area is 84.2 Å². The van der Waals surface area contributed by atoms with Gasteiger partial charge in [-0.1, -0.05) is 34.8 Å². The second kappa shape index (κ2) is 3.52. The van der Waals surface area contributed by atoms with Gasteiger partial charge in [0, 0.05) is 5.56 Å². The lowest BCUT2D eigenvalue weighted by molar-refractivity contribution is 0.112. The zero-order chi connectivity index (χ0) is 9.30. The van der Waals surface area contributed by atoms with Crippen LogP contribution in [0.15, 0.2) is 6.07 Å². The molecular formula is C7H4Cl3NO. The maximum absolute atomic E-state index is 10.4. The predicted molar refractivity (Wildman–Crippen MR) is 51.3 cm³/mol. The van der Waals surface area contributed by atoms with Crippen LogP contribution in [0.3, 0.4) is 0 Å². The van der Waals surface area contributed by atoms with Crippen molar-refractivity contribution in [2.75, 3.05) is 5.73 Å². The summed E-state index contributed by atoms with van der Waals surface area (Å²) in [6.07, 6.45) is 0.573. The highest BCUT2D eigenvalue weighted by atomic mass is 35.5. The van der Waals surface area contributed by atoms with E-state index in [-0.39, 0.29) is 26.3 Å². The second-order valence-electron chi connectivity index (χ2n) is 2.11. The van der Waals surface area contributed by atoms with Crippen molar-refractivity contribution in [3.8, 4) is 0 Å². The van der Waals surface area contributed by atoms with Crippen LogP contribution < -0.4 is 5.73 Å². The van der Waals surface area contributed by atoms with Crippen molar-refractivity contribution in [2.24, 2.45) is 0 Å².